The van der Waals surface area contributed by atoms with Crippen LogP contribution in [0, 0.1) is 17.7 Å². The maximum absolute atomic E-state index is 15.2. The third-order valence-corrected chi connectivity index (χ3v) is 7.99. The summed E-state index contributed by atoms with van der Waals surface area (Å²) in [5.41, 5.74) is 4.95. The van der Waals surface area contributed by atoms with Gasteiger partial charge in [0, 0.05) is 39.1 Å². The fourth-order valence-electron chi connectivity index (χ4n) is 5.45. The molecule has 0 bridgehead atoms. The number of benzene rings is 1. The molecular formula is C27H39F3N6O4. The van der Waals surface area contributed by atoms with Crippen LogP contribution in [0.1, 0.15) is 50.5 Å². The number of anilines is 1. The first-order valence-electron chi connectivity index (χ1n) is 13.6. The summed E-state index contributed by atoms with van der Waals surface area (Å²) in [5, 5.41) is 7.29. The number of amides is 5. The van der Waals surface area contributed by atoms with Gasteiger partial charge in [0.2, 0.25) is 11.8 Å². The van der Waals surface area contributed by atoms with Crippen LogP contribution in [0.3, 0.4) is 0 Å². The van der Waals surface area contributed by atoms with Gasteiger partial charge in [-0.1, -0.05) is 32.3 Å². The summed E-state index contributed by atoms with van der Waals surface area (Å²) in [6.45, 7) is 3.96. The quantitative estimate of drug-likeness (QED) is 0.362. The molecule has 1 aromatic carbocycles. The number of carbonyl (C=O) groups is 4. The molecule has 2 aliphatic rings. The van der Waals surface area contributed by atoms with Crippen molar-refractivity contribution in [1.82, 2.24) is 20.4 Å². The zero-order valence-corrected chi connectivity index (χ0v) is 23.1. The minimum atomic E-state index is -4.10. The molecule has 10 nitrogen and oxygen atoms in total. The predicted octanol–water partition coefficient (Wildman–Crippen LogP) is 2.26. The largest absolute Gasteiger partial charge is 0.364 e. The van der Waals surface area contributed by atoms with Crippen LogP contribution >= 0.6 is 0 Å². The van der Waals surface area contributed by atoms with Crippen LogP contribution in [0.25, 0.3) is 0 Å². The number of hydrogen-bond acceptors (Lipinski definition) is 5. The molecular weight excluding hydrogens is 529 g/mol. The van der Waals surface area contributed by atoms with Crippen molar-refractivity contribution in [2.24, 2.45) is 17.6 Å². The summed E-state index contributed by atoms with van der Waals surface area (Å²) in [5.74, 6) is -11.9. The van der Waals surface area contributed by atoms with E-state index in [-0.39, 0.29) is 11.6 Å². The van der Waals surface area contributed by atoms with Gasteiger partial charge in [-0.3, -0.25) is 14.4 Å². The van der Waals surface area contributed by atoms with Gasteiger partial charge in [-0.15, -0.1) is 0 Å². The number of nitrogens with one attached hydrogen (secondary N) is 3. The highest BCUT2D eigenvalue weighted by Crippen LogP contribution is 2.39. The average Bonchev–Trinajstić information content (AvgIpc) is 2.92. The molecule has 13 heteroatoms. The molecule has 0 spiro atoms. The van der Waals surface area contributed by atoms with Crippen LogP contribution in [0.4, 0.5) is 23.7 Å². The first kappa shape index (κ1) is 31.2. The molecule has 1 aliphatic carbocycles. The molecule has 2 fully saturated rings. The Morgan fingerprint density at radius 1 is 1.05 bits per heavy atom. The van der Waals surface area contributed by atoms with Gasteiger partial charge in [-0.25, -0.2) is 9.18 Å². The zero-order valence-electron chi connectivity index (χ0n) is 23.1. The lowest BCUT2D eigenvalue weighted by atomic mass is 9.76. The molecule has 3 rings (SSSR count). The molecule has 5 amide bonds. The van der Waals surface area contributed by atoms with E-state index in [0.717, 1.165) is 12.5 Å². The van der Waals surface area contributed by atoms with E-state index in [1.54, 1.807) is 11.8 Å². The molecule has 5 N–H and O–H groups in total. The lowest BCUT2D eigenvalue weighted by molar-refractivity contribution is -0.161. The van der Waals surface area contributed by atoms with Crippen LogP contribution in [0.15, 0.2) is 18.2 Å². The molecule has 0 radical (unpaired) electrons. The SMILES string of the molecule is CNC(=O)N[C@@H](C(=O)N1CCN(C)CC1)[C@@H](C)c1ccc(NC(=O)[C@H](C2CCCCC2)C(F)(F)C(N)=O)c(F)c1. The zero-order chi connectivity index (χ0) is 29.6. The van der Waals surface area contributed by atoms with E-state index >= 15 is 4.39 Å². The second-order valence-electron chi connectivity index (χ2n) is 10.7. The van der Waals surface area contributed by atoms with Gasteiger partial charge >= 0.3 is 12.0 Å². The van der Waals surface area contributed by atoms with Gasteiger partial charge in [-0.2, -0.15) is 8.78 Å². The fourth-order valence-corrected chi connectivity index (χ4v) is 5.45. The molecule has 1 aliphatic heterocycles. The van der Waals surface area contributed by atoms with E-state index in [9.17, 15) is 28.0 Å². The Balaban J connectivity index is 1.82. The van der Waals surface area contributed by atoms with Crippen LogP contribution in [0.2, 0.25) is 0 Å². The number of hydrogen-bond donors (Lipinski definition) is 4. The Morgan fingerprint density at radius 3 is 2.23 bits per heavy atom. The summed E-state index contributed by atoms with van der Waals surface area (Å²) in [4.78, 5) is 53.8. The van der Waals surface area contributed by atoms with Crippen molar-refractivity contribution < 1.29 is 32.3 Å². The Morgan fingerprint density at radius 2 is 1.68 bits per heavy atom. The summed E-state index contributed by atoms with van der Waals surface area (Å²) in [6, 6.07) is 2.19. The maximum atomic E-state index is 15.2. The van der Waals surface area contributed by atoms with Crippen LogP contribution in [0.5, 0.6) is 0 Å². The Labute approximate surface area is 232 Å². The smallest absolute Gasteiger partial charge is 0.336 e. The first-order chi connectivity index (χ1) is 18.9. The van der Waals surface area contributed by atoms with Crippen molar-refractivity contribution in [3.05, 3.63) is 29.6 Å². The van der Waals surface area contributed by atoms with Gasteiger partial charge in [0.05, 0.1) is 5.69 Å². The fraction of sp³-hybridized carbons (Fsp3) is 0.630. The summed E-state index contributed by atoms with van der Waals surface area (Å²) in [6.07, 6.45) is 2.79. The van der Waals surface area contributed by atoms with Crippen molar-refractivity contribution in [1.29, 1.82) is 0 Å². The highest BCUT2D eigenvalue weighted by molar-refractivity contribution is 5.98. The van der Waals surface area contributed by atoms with E-state index in [1.165, 1.54) is 19.2 Å². The van der Waals surface area contributed by atoms with E-state index in [2.05, 4.69) is 20.9 Å². The molecule has 1 saturated heterocycles. The first-order valence-corrected chi connectivity index (χ1v) is 13.6. The van der Waals surface area contributed by atoms with Crippen molar-refractivity contribution in [3.8, 4) is 0 Å². The van der Waals surface area contributed by atoms with Gasteiger partial charge < -0.3 is 31.5 Å². The van der Waals surface area contributed by atoms with Gasteiger partial charge in [0.15, 0.2) is 0 Å². The number of alkyl halides is 2. The number of nitrogens with two attached hydrogens (primary N) is 1. The minimum absolute atomic E-state index is 0.314. The molecule has 222 valence electrons. The van der Waals surface area contributed by atoms with Crippen molar-refractivity contribution in [2.75, 3.05) is 45.6 Å². The molecule has 40 heavy (non-hydrogen) atoms. The summed E-state index contributed by atoms with van der Waals surface area (Å²) in [7, 11) is 3.36. The maximum Gasteiger partial charge on any atom is 0.336 e. The number of primary amides is 1. The number of piperazine rings is 1. The summed E-state index contributed by atoms with van der Waals surface area (Å²) < 4.78 is 44.8. The van der Waals surface area contributed by atoms with Crippen LogP contribution < -0.4 is 21.7 Å². The highest BCUT2D eigenvalue weighted by Gasteiger charge is 2.53. The lowest BCUT2D eigenvalue weighted by Gasteiger charge is -2.36. The molecule has 0 unspecified atom stereocenters. The standard InChI is InChI=1S/C27H39F3N6O4/c1-16(22(34-26(40)32-2)24(38)36-13-11-35(3)12-14-36)18-9-10-20(19(28)15-18)33-23(37)21(27(29,30)25(31)39)17-7-5-4-6-8-17/h9-10,15-17,21-22H,4-8,11-14H2,1-3H3,(H2,31,39)(H,33,37)(H2,32,34,40)/t16-,21-,22+/m0/s1. The third kappa shape index (κ3) is 7.23. The third-order valence-electron chi connectivity index (χ3n) is 7.99. The number of likely N-dealkylation sites (N-methyl/N-ethyl adjacent to an activating group) is 1. The van der Waals surface area contributed by atoms with Crippen molar-refractivity contribution in [2.45, 2.75) is 56.9 Å². The summed E-state index contributed by atoms with van der Waals surface area (Å²) >= 11 is 0. The van der Waals surface area contributed by atoms with Crippen LogP contribution in [-0.4, -0.2) is 85.8 Å². The van der Waals surface area contributed by atoms with E-state index in [0.29, 0.717) is 57.4 Å². The van der Waals surface area contributed by atoms with Gasteiger partial charge in [0.1, 0.15) is 17.8 Å². The minimum Gasteiger partial charge on any atom is -0.364 e. The number of rotatable bonds is 9. The molecule has 0 aromatic heterocycles. The highest BCUT2D eigenvalue weighted by atomic mass is 19.3. The normalized spacial score (nSPS) is 19.3. The van der Waals surface area contributed by atoms with Crippen LogP contribution in [-0.2, 0) is 14.4 Å². The molecule has 1 aromatic rings. The Hall–Kier alpha value is -3.35. The Kier molecular flexibility index (Phi) is 10.4. The lowest BCUT2D eigenvalue weighted by Crippen LogP contribution is -2.56. The number of urea groups is 1. The van der Waals surface area contributed by atoms with E-state index in [1.807, 2.05) is 7.05 Å². The predicted molar refractivity (Wildman–Crippen MR) is 143 cm³/mol. The second-order valence-corrected chi connectivity index (χ2v) is 10.7. The van der Waals surface area contributed by atoms with Crippen molar-refractivity contribution >= 4 is 29.4 Å². The van der Waals surface area contributed by atoms with Gasteiger partial charge in [0.25, 0.3) is 5.91 Å². The number of nitrogens with zero attached hydrogens (tertiary/aromatic N) is 2. The van der Waals surface area contributed by atoms with Crippen molar-refractivity contribution in [3.63, 3.8) is 0 Å². The molecule has 1 heterocycles. The molecule has 1 saturated carbocycles. The number of halogens is 3. The topological polar surface area (TPSA) is 137 Å². The monoisotopic (exact) mass is 568 g/mol. The van der Waals surface area contributed by atoms with Gasteiger partial charge in [-0.05, 0) is 43.5 Å². The van der Waals surface area contributed by atoms with E-state index < -0.39 is 53.4 Å². The molecule has 3 atom stereocenters. The Bertz CT molecular complexity index is 1090. The average molecular weight is 569 g/mol. The van der Waals surface area contributed by atoms with E-state index in [4.69, 9.17) is 5.73 Å². The second kappa shape index (κ2) is 13.3. The number of carbonyl (C=O) groups excluding carboxylic acids is 4.